The zero-order chi connectivity index (χ0) is 39.7. The van der Waals surface area contributed by atoms with Crippen molar-refractivity contribution in [3.05, 3.63) is 149 Å². The second-order valence-corrected chi connectivity index (χ2v) is 29.8. The first kappa shape index (κ1) is 44.1. The summed E-state index contributed by atoms with van der Waals surface area (Å²) in [5.74, 6) is 0. The van der Waals surface area contributed by atoms with Gasteiger partial charge in [0.05, 0.1) is 0 Å². The molecule has 0 saturated heterocycles. The fourth-order valence-corrected chi connectivity index (χ4v) is 16.6. The van der Waals surface area contributed by atoms with Gasteiger partial charge < -0.3 is 0 Å². The van der Waals surface area contributed by atoms with E-state index in [-0.39, 0.29) is 10.8 Å². The summed E-state index contributed by atoms with van der Waals surface area (Å²) in [5.41, 5.74) is 11.6. The zero-order valence-electron chi connectivity index (χ0n) is 35.8. The van der Waals surface area contributed by atoms with E-state index in [1.165, 1.54) is 84.0 Å². The molecule has 0 saturated carbocycles. The number of hydrogen-bond donors (Lipinski definition) is 0. The van der Waals surface area contributed by atoms with E-state index in [0.717, 1.165) is 30.3 Å². The standard InChI is InChI=1S/C25H38Si2.C21H25.C5H5.Hf/c1-7-26(8-2,9-3)24-17-13-22(14-18-24)21-23-15-19-25(20-16-23)27(10-4,11-5)12-6;1-20(2,3)16-7-9-18-14(12-16)11-15-13-17(21(4,5)6)8-10-19(15)18;1-2-4-5-3-1;/h13-20H,7-12H2,1-6H3;7-10,12H,11H2,1-6H3;1-5H;/q;2*-1;+2. The fraction of sp³-hybridized carbons (Fsp3) is 0.412. The Hall–Kier alpha value is -2.60. The monoisotopic (exact) mass is 916 g/mol. The van der Waals surface area contributed by atoms with Crippen LogP contribution in [0.25, 0.3) is 11.1 Å². The molecule has 0 heterocycles. The Morgan fingerprint density at radius 2 is 1.04 bits per heavy atom. The van der Waals surface area contributed by atoms with Crippen LogP contribution in [0.5, 0.6) is 0 Å². The summed E-state index contributed by atoms with van der Waals surface area (Å²) in [7, 11) is -2.53. The van der Waals surface area contributed by atoms with Crippen molar-refractivity contribution < 1.29 is 23.9 Å². The van der Waals surface area contributed by atoms with Crippen molar-refractivity contribution in [3.8, 4) is 11.1 Å². The first-order valence-electron chi connectivity index (χ1n) is 20.8. The molecule has 0 aromatic heterocycles. The van der Waals surface area contributed by atoms with E-state index in [0.29, 0.717) is 0 Å². The Morgan fingerprint density at radius 1 is 0.593 bits per heavy atom. The summed E-state index contributed by atoms with van der Waals surface area (Å²) in [6.07, 6.45) is 1.03. The van der Waals surface area contributed by atoms with Crippen LogP contribution in [-0.4, -0.2) is 19.4 Å². The molecular weight excluding hydrogens is 847 g/mol. The van der Waals surface area contributed by atoms with E-state index in [1.54, 1.807) is 10.4 Å². The van der Waals surface area contributed by atoms with Crippen LogP contribution in [0.1, 0.15) is 116 Å². The summed E-state index contributed by atoms with van der Waals surface area (Å²) >= 11 is 1.08. The number of benzene rings is 4. The van der Waals surface area contributed by atoms with Gasteiger partial charge >= 0.3 is 191 Å². The fourth-order valence-electron chi connectivity index (χ4n) is 8.22. The maximum absolute atomic E-state index is 3.67. The predicted molar refractivity (Wildman–Crippen MR) is 243 cm³/mol. The largest absolute Gasteiger partial charge is 0.214 e. The second kappa shape index (κ2) is 19.0. The summed E-state index contributed by atoms with van der Waals surface area (Å²) < 4.78 is 1.53. The minimum atomic E-state index is -1.27. The molecule has 284 valence electrons. The molecule has 0 radical (unpaired) electrons. The Labute approximate surface area is 347 Å². The van der Waals surface area contributed by atoms with Crippen molar-refractivity contribution in [1.29, 1.82) is 0 Å². The molecule has 1 aliphatic carbocycles. The SMILES string of the molecule is CC(C)(C)c1[c-]c2c(cc1)-c1ccc(C(C)(C)C)cc1C2.CC[Si](CC)(CC)c1ccc([C](=[Hf+2])c2ccc([Si](CC)(CC)CC)cc2)cc1.c1cc[cH-]c1. The molecule has 0 unspecified atom stereocenters. The number of hydrogen-bond acceptors (Lipinski definition) is 0. The van der Waals surface area contributed by atoms with Crippen LogP contribution in [0, 0.1) is 6.07 Å². The van der Waals surface area contributed by atoms with Crippen LogP contribution in [0.3, 0.4) is 0 Å². The van der Waals surface area contributed by atoms with Gasteiger partial charge in [-0.15, -0.1) is 11.1 Å². The summed E-state index contributed by atoms with van der Waals surface area (Å²) in [4.78, 5) is 0. The van der Waals surface area contributed by atoms with Gasteiger partial charge in [-0.25, -0.2) is 12.1 Å². The third-order valence-electron chi connectivity index (χ3n) is 12.7. The van der Waals surface area contributed by atoms with Gasteiger partial charge in [0.2, 0.25) is 0 Å². The third-order valence-corrected chi connectivity index (χ3v) is 26.0. The van der Waals surface area contributed by atoms with Crippen molar-refractivity contribution >= 4 is 29.8 Å². The van der Waals surface area contributed by atoms with E-state index < -0.39 is 16.1 Å². The molecule has 0 amide bonds. The average molecular weight is 916 g/mol. The van der Waals surface area contributed by atoms with Crippen molar-refractivity contribution in [2.45, 2.75) is 137 Å². The Kier molecular flexibility index (Phi) is 15.5. The quantitative estimate of drug-likeness (QED) is 0.0949. The molecule has 54 heavy (non-hydrogen) atoms. The van der Waals surface area contributed by atoms with Crippen LogP contribution in [-0.2, 0) is 41.1 Å². The van der Waals surface area contributed by atoms with Gasteiger partial charge in [-0.1, -0.05) is 65.3 Å². The topological polar surface area (TPSA) is 0 Å². The Bertz CT molecular complexity index is 1750. The molecule has 0 aliphatic heterocycles. The Morgan fingerprint density at radius 3 is 1.41 bits per heavy atom. The van der Waals surface area contributed by atoms with Gasteiger partial charge in [0.25, 0.3) is 0 Å². The van der Waals surface area contributed by atoms with Gasteiger partial charge in [-0.05, 0) is 28.4 Å². The predicted octanol–water partition coefficient (Wildman–Crippen LogP) is 13.3. The van der Waals surface area contributed by atoms with Crippen LogP contribution in [0.4, 0.5) is 0 Å². The van der Waals surface area contributed by atoms with Gasteiger partial charge in [0, 0.05) is 0 Å². The molecule has 0 atom stereocenters. The molecule has 0 fully saturated rings. The van der Waals surface area contributed by atoms with Crippen LogP contribution in [0.15, 0.2) is 109 Å². The van der Waals surface area contributed by atoms with Gasteiger partial charge in [-0.2, -0.15) is 42.0 Å². The van der Waals surface area contributed by atoms with E-state index in [9.17, 15) is 0 Å². The van der Waals surface area contributed by atoms with Crippen molar-refractivity contribution in [2.24, 2.45) is 0 Å². The maximum atomic E-state index is 3.67. The molecule has 0 N–H and O–H groups in total. The van der Waals surface area contributed by atoms with Gasteiger partial charge in [-0.3, -0.25) is 0 Å². The first-order chi connectivity index (χ1) is 25.6. The molecule has 0 nitrogen and oxygen atoms in total. The zero-order valence-corrected chi connectivity index (χ0v) is 41.4. The molecule has 5 aromatic carbocycles. The van der Waals surface area contributed by atoms with E-state index >= 15 is 0 Å². The smallest absolute Gasteiger partial charge is 0.172 e. The molecule has 1 aliphatic rings. The molecule has 0 bridgehead atoms. The van der Waals surface area contributed by atoms with Crippen molar-refractivity contribution in [2.75, 3.05) is 0 Å². The summed E-state index contributed by atoms with van der Waals surface area (Å²) in [6, 6.07) is 52.7. The minimum Gasteiger partial charge on any atom is -0.214 e. The number of fused-ring (bicyclic) bond motifs is 3. The average Bonchev–Trinajstić information content (AvgIpc) is 3.88. The van der Waals surface area contributed by atoms with Crippen molar-refractivity contribution in [1.82, 2.24) is 0 Å². The summed E-state index contributed by atoms with van der Waals surface area (Å²) in [6.45, 7) is 28.0. The first-order valence-corrected chi connectivity index (χ1v) is 27.8. The van der Waals surface area contributed by atoms with E-state index in [1.807, 2.05) is 30.3 Å². The molecule has 5 aromatic rings. The van der Waals surface area contributed by atoms with Gasteiger partial charge in [0.1, 0.15) is 0 Å². The molecular formula is C51H68HfSi2. The minimum absolute atomic E-state index is 0.167. The normalized spacial score (nSPS) is 12.6. The van der Waals surface area contributed by atoms with Crippen LogP contribution >= 0.6 is 0 Å². The Balaban J connectivity index is 0.000000218. The molecule has 3 heteroatoms. The van der Waals surface area contributed by atoms with E-state index in [4.69, 9.17) is 0 Å². The second-order valence-electron chi connectivity index (χ2n) is 17.5. The van der Waals surface area contributed by atoms with E-state index in [2.05, 4.69) is 168 Å². The molecule has 0 spiro atoms. The number of rotatable bonds is 10. The van der Waals surface area contributed by atoms with Crippen molar-refractivity contribution in [3.63, 3.8) is 0 Å². The van der Waals surface area contributed by atoms with Gasteiger partial charge in [0.15, 0.2) is 0 Å². The molecule has 6 rings (SSSR count). The van der Waals surface area contributed by atoms with Crippen LogP contribution in [0.2, 0.25) is 36.3 Å². The van der Waals surface area contributed by atoms with Crippen LogP contribution < -0.4 is 10.4 Å². The maximum Gasteiger partial charge on any atom is -0.172 e. The third kappa shape index (κ3) is 10.2. The summed E-state index contributed by atoms with van der Waals surface area (Å²) in [5, 5.41) is 3.30.